The summed E-state index contributed by atoms with van der Waals surface area (Å²) in [7, 11) is 1.54. The fourth-order valence-electron chi connectivity index (χ4n) is 4.63. The van der Waals surface area contributed by atoms with Gasteiger partial charge in [-0.25, -0.2) is 13.8 Å². The van der Waals surface area contributed by atoms with Crippen LogP contribution in [0.4, 0.5) is 8.78 Å². The van der Waals surface area contributed by atoms with Crippen molar-refractivity contribution in [3.05, 3.63) is 53.2 Å². The highest BCUT2D eigenvalue weighted by Crippen LogP contribution is 2.32. The van der Waals surface area contributed by atoms with E-state index in [1.165, 1.54) is 12.3 Å². The molecule has 34 heavy (non-hydrogen) atoms. The monoisotopic (exact) mass is 470 g/mol. The average Bonchev–Trinajstić information content (AvgIpc) is 3.31. The number of nitrogens with zero attached hydrogens (tertiary/aromatic N) is 3. The molecule has 9 heteroatoms. The zero-order valence-corrected chi connectivity index (χ0v) is 19.2. The maximum absolute atomic E-state index is 14.6. The molecule has 0 bridgehead atoms. The molecule has 1 unspecified atom stereocenters. The van der Waals surface area contributed by atoms with Crippen LogP contribution < -0.4 is 19.5 Å². The maximum Gasteiger partial charge on any atom is 0.213 e. The first-order valence-electron chi connectivity index (χ1n) is 11.6. The minimum absolute atomic E-state index is 0.290. The molecule has 1 atom stereocenters. The molecular formula is C25H28F2N4O3. The Morgan fingerprint density at radius 3 is 2.79 bits per heavy atom. The first kappa shape index (κ1) is 22.7. The van der Waals surface area contributed by atoms with Gasteiger partial charge in [0.2, 0.25) is 5.88 Å². The second kappa shape index (κ2) is 10.1. The first-order valence-corrected chi connectivity index (χ1v) is 11.6. The lowest BCUT2D eigenvalue weighted by molar-refractivity contribution is 0.170. The number of fused-ring (bicyclic) bond motifs is 2. The number of methoxy groups -OCH3 is 1. The number of pyridine rings is 2. The van der Waals surface area contributed by atoms with Crippen LogP contribution >= 0.6 is 0 Å². The van der Waals surface area contributed by atoms with E-state index < -0.39 is 0 Å². The van der Waals surface area contributed by atoms with Crippen molar-refractivity contribution in [2.75, 3.05) is 46.5 Å². The number of nitrogens with one attached hydrogen (secondary N) is 1. The molecule has 0 aliphatic carbocycles. The normalized spacial score (nSPS) is 17.9. The van der Waals surface area contributed by atoms with E-state index in [0.717, 1.165) is 32.6 Å². The number of hydrogen-bond acceptors (Lipinski definition) is 7. The summed E-state index contributed by atoms with van der Waals surface area (Å²) in [6.07, 6.45) is 2.86. The van der Waals surface area contributed by atoms with Crippen LogP contribution in [0.25, 0.3) is 11.0 Å². The van der Waals surface area contributed by atoms with Gasteiger partial charge in [-0.05, 0) is 44.0 Å². The Bertz CT molecular complexity index is 1180. The van der Waals surface area contributed by atoms with Crippen molar-refractivity contribution in [3.8, 4) is 17.4 Å². The molecule has 1 fully saturated rings. The van der Waals surface area contributed by atoms with E-state index >= 15 is 0 Å². The lowest BCUT2D eigenvalue weighted by atomic mass is 10.1. The van der Waals surface area contributed by atoms with E-state index in [2.05, 4.69) is 20.2 Å². The molecule has 5 rings (SSSR count). The molecule has 3 aromatic rings. The molecule has 0 amide bonds. The zero-order valence-electron chi connectivity index (χ0n) is 19.2. The zero-order chi connectivity index (χ0) is 23.5. The number of ether oxygens (including phenoxy) is 3. The molecule has 0 saturated carbocycles. The van der Waals surface area contributed by atoms with Crippen LogP contribution in [0.1, 0.15) is 17.5 Å². The van der Waals surface area contributed by atoms with Crippen molar-refractivity contribution < 1.29 is 23.0 Å². The SMILES string of the molecule is COc1ccc2ncc(F)c(CCN3CCC(CNCc4cc5c(cc4F)OCCO5)C3)c2n1. The van der Waals surface area contributed by atoms with Crippen LogP contribution in [0, 0.1) is 17.6 Å². The molecular weight excluding hydrogens is 442 g/mol. The highest BCUT2D eigenvalue weighted by Gasteiger charge is 2.23. The average molecular weight is 471 g/mol. The maximum atomic E-state index is 14.6. The third kappa shape index (κ3) is 4.90. The van der Waals surface area contributed by atoms with Crippen molar-refractivity contribution in [3.63, 3.8) is 0 Å². The Balaban J connectivity index is 1.14. The minimum atomic E-state index is -0.341. The third-order valence-electron chi connectivity index (χ3n) is 6.46. The largest absolute Gasteiger partial charge is 0.486 e. The number of halogens is 2. The standard InChI is InChI=1S/C25H28F2N4O3/c1-32-24-3-2-21-25(30-24)18(20(27)14-29-21)5-7-31-6-4-16(15-31)12-28-13-17-10-22-23(11-19(17)26)34-9-8-33-22/h2-3,10-11,14,16,28H,4-9,12-13,15H2,1H3. The van der Waals surface area contributed by atoms with Crippen LogP contribution in [0.5, 0.6) is 17.4 Å². The number of hydrogen-bond donors (Lipinski definition) is 1. The Kier molecular flexibility index (Phi) is 6.73. The quantitative estimate of drug-likeness (QED) is 0.542. The summed E-state index contributed by atoms with van der Waals surface area (Å²) in [5.41, 5.74) is 2.35. The van der Waals surface area contributed by atoms with E-state index in [0.29, 0.717) is 71.6 Å². The Labute approximate surface area is 197 Å². The number of rotatable bonds is 8. The first-order chi connectivity index (χ1) is 16.6. The minimum Gasteiger partial charge on any atom is -0.486 e. The van der Waals surface area contributed by atoms with Gasteiger partial charge in [0.1, 0.15) is 24.8 Å². The summed E-state index contributed by atoms with van der Waals surface area (Å²) in [6, 6.07) is 6.64. The van der Waals surface area contributed by atoms with Crippen molar-refractivity contribution >= 4 is 11.0 Å². The molecule has 2 aliphatic heterocycles. The lowest BCUT2D eigenvalue weighted by Gasteiger charge is -2.20. The van der Waals surface area contributed by atoms with Crippen molar-refractivity contribution in [2.24, 2.45) is 5.92 Å². The highest BCUT2D eigenvalue weighted by atomic mass is 19.1. The predicted octanol–water partition coefficient (Wildman–Crippen LogP) is 3.34. The smallest absolute Gasteiger partial charge is 0.213 e. The summed E-state index contributed by atoms with van der Waals surface area (Å²) in [4.78, 5) is 10.9. The lowest BCUT2D eigenvalue weighted by Crippen LogP contribution is -2.28. The van der Waals surface area contributed by atoms with Gasteiger partial charge in [-0.2, -0.15) is 0 Å². The molecule has 1 aromatic carbocycles. The molecule has 2 aromatic heterocycles. The van der Waals surface area contributed by atoms with Crippen LogP contribution in [0.3, 0.4) is 0 Å². The van der Waals surface area contributed by atoms with Gasteiger partial charge in [0.05, 0.1) is 24.3 Å². The summed E-state index contributed by atoms with van der Waals surface area (Å²) >= 11 is 0. The van der Waals surface area contributed by atoms with Gasteiger partial charge in [0.15, 0.2) is 11.5 Å². The second-order valence-corrected chi connectivity index (χ2v) is 8.73. The van der Waals surface area contributed by atoms with Gasteiger partial charge in [-0.15, -0.1) is 0 Å². The summed E-state index contributed by atoms with van der Waals surface area (Å²) in [5.74, 6) is 1.33. The van der Waals surface area contributed by atoms with Crippen molar-refractivity contribution in [1.29, 1.82) is 0 Å². The van der Waals surface area contributed by atoms with E-state index in [4.69, 9.17) is 14.2 Å². The topological polar surface area (TPSA) is 68.7 Å². The second-order valence-electron chi connectivity index (χ2n) is 8.73. The van der Waals surface area contributed by atoms with Gasteiger partial charge in [0, 0.05) is 42.9 Å². The fraction of sp³-hybridized carbons (Fsp3) is 0.440. The van der Waals surface area contributed by atoms with Crippen molar-refractivity contribution in [1.82, 2.24) is 20.2 Å². The van der Waals surface area contributed by atoms with Gasteiger partial charge in [-0.3, -0.25) is 4.98 Å². The molecule has 7 nitrogen and oxygen atoms in total. The molecule has 4 heterocycles. The van der Waals surface area contributed by atoms with Gasteiger partial charge in [-0.1, -0.05) is 0 Å². The van der Waals surface area contributed by atoms with Crippen LogP contribution in [-0.4, -0.2) is 61.4 Å². The number of aromatic nitrogens is 2. The van der Waals surface area contributed by atoms with Crippen LogP contribution in [0.2, 0.25) is 0 Å². The number of benzene rings is 1. The van der Waals surface area contributed by atoms with Gasteiger partial charge < -0.3 is 24.4 Å². The Morgan fingerprint density at radius 2 is 1.97 bits per heavy atom. The fourth-order valence-corrected chi connectivity index (χ4v) is 4.63. The molecule has 1 N–H and O–H groups in total. The molecule has 0 radical (unpaired) electrons. The predicted molar refractivity (Wildman–Crippen MR) is 123 cm³/mol. The Morgan fingerprint density at radius 1 is 1.15 bits per heavy atom. The van der Waals surface area contributed by atoms with Gasteiger partial charge >= 0.3 is 0 Å². The van der Waals surface area contributed by atoms with E-state index in [9.17, 15) is 8.78 Å². The van der Waals surface area contributed by atoms with Crippen LogP contribution in [0.15, 0.2) is 30.5 Å². The number of likely N-dealkylation sites (tertiary alicyclic amines) is 1. The summed E-state index contributed by atoms with van der Waals surface area (Å²) < 4.78 is 45.1. The summed E-state index contributed by atoms with van der Waals surface area (Å²) in [5, 5.41) is 3.38. The van der Waals surface area contributed by atoms with E-state index in [1.54, 1.807) is 25.3 Å². The van der Waals surface area contributed by atoms with Crippen molar-refractivity contribution in [2.45, 2.75) is 19.4 Å². The molecule has 1 saturated heterocycles. The molecule has 0 spiro atoms. The molecule has 2 aliphatic rings. The highest BCUT2D eigenvalue weighted by molar-refractivity contribution is 5.78. The van der Waals surface area contributed by atoms with Gasteiger partial charge in [0.25, 0.3) is 0 Å². The van der Waals surface area contributed by atoms with E-state index in [-0.39, 0.29) is 11.6 Å². The molecule has 180 valence electrons. The van der Waals surface area contributed by atoms with E-state index in [1.807, 2.05) is 0 Å². The Hall–Kier alpha value is -3.04. The van der Waals surface area contributed by atoms with Crippen LogP contribution in [-0.2, 0) is 13.0 Å². The third-order valence-corrected chi connectivity index (χ3v) is 6.46. The summed E-state index contributed by atoms with van der Waals surface area (Å²) in [6.45, 7) is 4.74.